The number of urea groups is 1. The summed E-state index contributed by atoms with van der Waals surface area (Å²) in [7, 11) is 4.06. The first-order valence-electron chi connectivity index (χ1n) is 5.95. The average molecular weight is 228 g/mol. The Balaban J connectivity index is 2.47. The third kappa shape index (κ3) is 3.64. The molecule has 1 rings (SSSR count). The highest BCUT2D eigenvalue weighted by Crippen LogP contribution is 2.07. The van der Waals surface area contributed by atoms with Crippen molar-refractivity contribution in [1.29, 1.82) is 0 Å². The molecule has 0 radical (unpaired) electrons. The first kappa shape index (κ1) is 13.3. The molecule has 0 aromatic rings. The van der Waals surface area contributed by atoms with Crippen LogP contribution in [0.5, 0.6) is 0 Å². The minimum absolute atomic E-state index is 0.0594. The van der Waals surface area contributed by atoms with Gasteiger partial charge >= 0.3 is 6.03 Å². The molecule has 5 heteroatoms. The molecule has 1 unspecified atom stereocenters. The second-order valence-electron chi connectivity index (χ2n) is 4.74. The van der Waals surface area contributed by atoms with Crippen LogP contribution in [-0.4, -0.2) is 68.2 Å². The fourth-order valence-electron chi connectivity index (χ4n) is 1.92. The summed E-state index contributed by atoms with van der Waals surface area (Å²) in [6.45, 7) is 7.45. The molecule has 1 atom stereocenters. The minimum atomic E-state index is 0.0594. The van der Waals surface area contributed by atoms with E-state index >= 15 is 0 Å². The quantitative estimate of drug-likeness (QED) is 0.711. The highest BCUT2D eigenvalue weighted by molar-refractivity contribution is 5.74. The highest BCUT2D eigenvalue weighted by Gasteiger charge is 2.26. The van der Waals surface area contributed by atoms with Gasteiger partial charge in [-0.1, -0.05) is 0 Å². The van der Waals surface area contributed by atoms with Crippen LogP contribution in [-0.2, 0) is 0 Å². The lowest BCUT2D eigenvalue weighted by Crippen LogP contribution is -2.58. The molecule has 0 saturated carbocycles. The van der Waals surface area contributed by atoms with Crippen LogP contribution in [0.25, 0.3) is 0 Å². The molecule has 94 valence electrons. The minimum Gasteiger partial charge on any atom is -0.336 e. The van der Waals surface area contributed by atoms with Crippen LogP contribution in [0.15, 0.2) is 0 Å². The number of likely N-dealkylation sites (N-methyl/N-ethyl adjacent to an activating group) is 2. The van der Waals surface area contributed by atoms with Crippen LogP contribution in [0.4, 0.5) is 4.79 Å². The van der Waals surface area contributed by atoms with E-state index in [2.05, 4.69) is 22.6 Å². The maximum Gasteiger partial charge on any atom is 0.317 e. The Bertz CT molecular complexity index is 232. The van der Waals surface area contributed by atoms with Crippen molar-refractivity contribution in [1.82, 2.24) is 20.4 Å². The Kier molecular flexibility index (Phi) is 5.02. The average Bonchev–Trinajstić information content (AvgIpc) is 2.20. The Morgan fingerprint density at radius 3 is 2.69 bits per heavy atom. The lowest BCUT2D eigenvalue weighted by atomic mass is 10.2. The molecule has 0 spiro atoms. The van der Waals surface area contributed by atoms with Gasteiger partial charge in [0.1, 0.15) is 0 Å². The lowest BCUT2D eigenvalue weighted by molar-refractivity contribution is 0.109. The standard InChI is InChI=1S/C11H24N4O/c1-9(2)13-11(16)15-6-5-14(4)10(8-15)7-12-3/h9-10,12H,5-8H2,1-4H3,(H,13,16). The Hall–Kier alpha value is -0.810. The SMILES string of the molecule is CNCC1CN(C(=O)NC(C)C)CCN1C. The summed E-state index contributed by atoms with van der Waals surface area (Å²) < 4.78 is 0. The van der Waals surface area contributed by atoms with Crippen molar-refractivity contribution >= 4 is 6.03 Å². The fourth-order valence-corrected chi connectivity index (χ4v) is 1.92. The third-order valence-corrected chi connectivity index (χ3v) is 2.92. The number of rotatable bonds is 3. The number of nitrogens with zero attached hydrogens (tertiary/aromatic N) is 2. The van der Waals surface area contributed by atoms with Crippen molar-refractivity contribution in [2.45, 2.75) is 25.9 Å². The van der Waals surface area contributed by atoms with Gasteiger partial charge in [0.15, 0.2) is 0 Å². The van der Waals surface area contributed by atoms with Gasteiger partial charge in [-0.05, 0) is 27.9 Å². The summed E-state index contributed by atoms with van der Waals surface area (Å²) in [5, 5.41) is 6.11. The largest absolute Gasteiger partial charge is 0.336 e. The first-order chi connectivity index (χ1) is 7.54. The Morgan fingerprint density at radius 1 is 1.44 bits per heavy atom. The molecule has 1 heterocycles. The van der Waals surface area contributed by atoms with Crippen LogP contribution >= 0.6 is 0 Å². The van der Waals surface area contributed by atoms with Crippen LogP contribution < -0.4 is 10.6 Å². The van der Waals surface area contributed by atoms with E-state index in [1.54, 1.807) is 0 Å². The molecule has 0 aromatic carbocycles. The maximum absolute atomic E-state index is 11.8. The van der Waals surface area contributed by atoms with Gasteiger partial charge in [0.2, 0.25) is 0 Å². The maximum atomic E-state index is 11.8. The van der Waals surface area contributed by atoms with Gasteiger partial charge in [-0.2, -0.15) is 0 Å². The molecular formula is C11H24N4O. The molecule has 1 aliphatic rings. The van der Waals surface area contributed by atoms with Crippen molar-refractivity contribution in [2.75, 3.05) is 40.3 Å². The molecule has 2 N–H and O–H groups in total. The van der Waals surface area contributed by atoms with Crippen molar-refractivity contribution < 1.29 is 4.79 Å². The van der Waals surface area contributed by atoms with Crippen LogP contribution in [0.2, 0.25) is 0 Å². The predicted octanol–water partition coefficient (Wildman–Crippen LogP) is -0.0602. The van der Waals surface area contributed by atoms with Crippen molar-refractivity contribution in [3.63, 3.8) is 0 Å². The molecule has 5 nitrogen and oxygen atoms in total. The number of hydrogen-bond acceptors (Lipinski definition) is 3. The van der Waals surface area contributed by atoms with E-state index < -0.39 is 0 Å². The summed E-state index contributed by atoms with van der Waals surface area (Å²) in [5.41, 5.74) is 0. The van der Waals surface area contributed by atoms with Gasteiger partial charge in [0.25, 0.3) is 0 Å². The lowest BCUT2D eigenvalue weighted by Gasteiger charge is -2.39. The van der Waals surface area contributed by atoms with Crippen LogP contribution in [0, 0.1) is 0 Å². The van der Waals surface area contributed by atoms with E-state index in [0.717, 1.165) is 26.2 Å². The zero-order valence-corrected chi connectivity index (χ0v) is 10.8. The van der Waals surface area contributed by atoms with E-state index in [9.17, 15) is 4.79 Å². The summed E-state index contributed by atoms with van der Waals surface area (Å²) >= 11 is 0. The second kappa shape index (κ2) is 6.06. The fraction of sp³-hybridized carbons (Fsp3) is 0.909. The van der Waals surface area contributed by atoms with Gasteiger partial charge in [-0.15, -0.1) is 0 Å². The Labute approximate surface area is 98.2 Å². The number of hydrogen-bond donors (Lipinski definition) is 2. The Morgan fingerprint density at radius 2 is 2.12 bits per heavy atom. The second-order valence-corrected chi connectivity index (χ2v) is 4.74. The first-order valence-corrected chi connectivity index (χ1v) is 5.95. The number of nitrogens with one attached hydrogen (secondary N) is 2. The number of carbonyl (C=O) groups is 1. The smallest absolute Gasteiger partial charge is 0.317 e. The number of amides is 2. The topological polar surface area (TPSA) is 47.6 Å². The molecule has 16 heavy (non-hydrogen) atoms. The third-order valence-electron chi connectivity index (χ3n) is 2.92. The highest BCUT2D eigenvalue weighted by atomic mass is 16.2. The predicted molar refractivity (Wildman–Crippen MR) is 65.6 cm³/mol. The van der Waals surface area contributed by atoms with Crippen molar-refractivity contribution in [2.24, 2.45) is 0 Å². The van der Waals surface area contributed by atoms with E-state index in [4.69, 9.17) is 0 Å². The van der Waals surface area contributed by atoms with E-state index in [1.807, 2.05) is 25.8 Å². The van der Waals surface area contributed by atoms with Crippen molar-refractivity contribution in [3.05, 3.63) is 0 Å². The van der Waals surface area contributed by atoms with Gasteiger partial charge in [-0.3, -0.25) is 4.90 Å². The number of carbonyl (C=O) groups excluding carboxylic acids is 1. The van der Waals surface area contributed by atoms with E-state index in [-0.39, 0.29) is 12.1 Å². The van der Waals surface area contributed by atoms with Gasteiger partial charge in [0.05, 0.1) is 0 Å². The molecule has 0 aromatic heterocycles. The molecule has 1 saturated heterocycles. The molecule has 0 bridgehead atoms. The zero-order valence-electron chi connectivity index (χ0n) is 10.8. The van der Waals surface area contributed by atoms with Crippen LogP contribution in [0.1, 0.15) is 13.8 Å². The molecule has 1 aliphatic heterocycles. The van der Waals surface area contributed by atoms with E-state index in [0.29, 0.717) is 6.04 Å². The molecule has 0 aliphatic carbocycles. The zero-order chi connectivity index (χ0) is 12.1. The summed E-state index contributed by atoms with van der Waals surface area (Å²) in [5.74, 6) is 0. The summed E-state index contributed by atoms with van der Waals surface area (Å²) in [6, 6.07) is 0.677. The van der Waals surface area contributed by atoms with Crippen molar-refractivity contribution in [3.8, 4) is 0 Å². The van der Waals surface area contributed by atoms with E-state index in [1.165, 1.54) is 0 Å². The van der Waals surface area contributed by atoms with Gasteiger partial charge in [0, 0.05) is 38.3 Å². The molecular weight excluding hydrogens is 204 g/mol. The monoisotopic (exact) mass is 228 g/mol. The molecule has 1 fully saturated rings. The summed E-state index contributed by atoms with van der Waals surface area (Å²) in [6.07, 6.45) is 0. The van der Waals surface area contributed by atoms with Crippen LogP contribution in [0.3, 0.4) is 0 Å². The normalized spacial score (nSPS) is 22.6. The summed E-state index contributed by atoms with van der Waals surface area (Å²) in [4.78, 5) is 16.0. The van der Waals surface area contributed by atoms with Gasteiger partial charge < -0.3 is 15.5 Å². The number of piperazine rings is 1. The van der Waals surface area contributed by atoms with Gasteiger partial charge in [-0.25, -0.2) is 4.79 Å². The molecule has 2 amide bonds.